The summed E-state index contributed by atoms with van der Waals surface area (Å²) in [6.45, 7) is 0.983. The molecule has 0 aliphatic carbocycles. The summed E-state index contributed by atoms with van der Waals surface area (Å²) >= 11 is 0. The number of rotatable bonds is 8. The second kappa shape index (κ2) is 7.97. The van der Waals surface area contributed by atoms with Gasteiger partial charge in [0.15, 0.2) is 0 Å². The third-order valence-corrected chi connectivity index (χ3v) is 3.35. The van der Waals surface area contributed by atoms with E-state index in [2.05, 4.69) is 32.5 Å². The van der Waals surface area contributed by atoms with Gasteiger partial charge < -0.3 is 10.3 Å². The van der Waals surface area contributed by atoms with Gasteiger partial charge in [0.25, 0.3) is 0 Å². The molecule has 2 N–H and O–H groups in total. The fourth-order valence-corrected chi connectivity index (χ4v) is 2.29. The van der Waals surface area contributed by atoms with Gasteiger partial charge in [0, 0.05) is 41.5 Å². The fourth-order valence-electron chi connectivity index (χ4n) is 2.29. The molecule has 0 spiro atoms. The average Bonchev–Trinajstić information content (AvgIpc) is 2.91. The molecule has 0 unspecified atom stereocenters. The number of nitrogens with zero attached hydrogens (tertiary/aromatic N) is 3. The number of hydrogen-bond acceptors (Lipinski definition) is 2. The van der Waals surface area contributed by atoms with Crippen molar-refractivity contribution in [3.63, 3.8) is 0 Å². The molecule has 0 bridgehead atoms. The Morgan fingerprint density at radius 3 is 3.05 bits per heavy atom. The zero-order chi connectivity index (χ0) is 14.9. The second-order valence-electron chi connectivity index (χ2n) is 4.87. The Balaban J connectivity index is 1.69. The number of benzene rings is 1. The minimum atomic E-state index is 0.0516. The Kier molecular flexibility index (Phi) is 5.67. The topological polar surface area (TPSA) is 93.7 Å². The first kappa shape index (κ1) is 14.9. The van der Waals surface area contributed by atoms with Crippen molar-refractivity contribution < 1.29 is 4.79 Å². The Labute approximate surface area is 123 Å². The monoisotopic (exact) mass is 285 g/mol. The summed E-state index contributed by atoms with van der Waals surface area (Å²) in [7, 11) is 0. The van der Waals surface area contributed by atoms with Crippen LogP contribution in [-0.2, 0) is 11.2 Å². The first-order chi connectivity index (χ1) is 10.3. The van der Waals surface area contributed by atoms with E-state index < -0.39 is 0 Å². The number of aromatic nitrogens is 1. The maximum absolute atomic E-state index is 11.6. The van der Waals surface area contributed by atoms with Crippen molar-refractivity contribution >= 4 is 16.8 Å². The first-order valence-corrected chi connectivity index (χ1v) is 7.14. The van der Waals surface area contributed by atoms with Crippen molar-refractivity contribution in [1.29, 1.82) is 0 Å². The first-order valence-electron chi connectivity index (χ1n) is 7.14. The van der Waals surface area contributed by atoms with Crippen molar-refractivity contribution in [2.24, 2.45) is 5.11 Å². The lowest BCUT2D eigenvalue weighted by molar-refractivity contribution is -0.121. The van der Waals surface area contributed by atoms with Crippen LogP contribution in [0.15, 0.2) is 35.6 Å². The van der Waals surface area contributed by atoms with E-state index >= 15 is 0 Å². The van der Waals surface area contributed by atoms with Gasteiger partial charge in [-0.25, -0.2) is 0 Å². The number of H-pyrrole nitrogens is 1. The number of aryl methyl sites for hydroxylation is 1. The SMILES string of the molecule is [N-]=[N+]=NCCCNC(=O)CCCc1c[nH]c2ccccc12. The van der Waals surface area contributed by atoms with Gasteiger partial charge in [-0.15, -0.1) is 0 Å². The normalized spacial score (nSPS) is 10.3. The van der Waals surface area contributed by atoms with E-state index in [9.17, 15) is 4.79 Å². The predicted molar refractivity (Wildman–Crippen MR) is 82.9 cm³/mol. The number of aromatic amines is 1. The van der Waals surface area contributed by atoms with Gasteiger partial charge >= 0.3 is 0 Å². The highest BCUT2D eigenvalue weighted by atomic mass is 16.1. The van der Waals surface area contributed by atoms with Gasteiger partial charge in [0.1, 0.15) is 0 Å². The number of amides is 1. The highest BCUT2D eigenvalue weighted by molar-refractivity contribution is 5.83. The van der Waals surface area contributed by atoms with E-state index in [-0.39, 0.29) is 5.91 Å². The summed E-state index contributed by atoms with van der Waals surface area (Å²) in [5, 5.41) is 7.48. The molecule has 0 aliphatic rings. The van der Waals surface area contributed by atoms with Crippen molar-refractivity contribution in [3.05, 3.63) is 46.5 Å². The fraction of sp³-hybridized carbons (Fsp3) is 0.400. The van der Waals surface area contributed by atoms with E-state index in [1.807, 2.05) is 18.3 Å². The number of carbonyl (C=O) groups is 1. The highest BCUT2D eigenvalue weighted by Gasteiger charge is 2.05. The van der Waals surface area contributed by atoms with Gasteiger partial charge in [-0.3, -0.25) is 4.79 Å². The van der Waals surface area contributed by atoms with Crippen LogP contribution in [0.4, 0.5) is 0 Å². The number of nitrogens with one attached hydrogen (secondary N) is 2. The van der Waals surface area contributed by atoms with Gasteiger partial charge in [0.05, 0.1) is 0 Å². The Morgan fingerprint density at radius 1 is 1.33 bits per heavy atom. The lowest BCUT2D eigenvalue weighted by atomic mass is 10.1. The number of fused-ring (bicyclic) bond motifs is 1. The van der Waals surface area contributed by atoms with E-state index in [4.69, 9.17) is 5.53 Å². The molecular formula is C15H19N5O. The van der Waals surface area contributed by atoms with Crippen LogP contribution in [0.25, 0.3) is 21.3 Å². The summed E-state index contributed by atoms with van der Waals surface area (Å²) in [5.41, 5.74) is 10.5. The highest BCUT2D eigenvalue weighted by Crippen LogP contribution is 2.19. The third-order valence-electron chi connectivity index (χ3n) is 3.35. The van der Waals surface area contributed by atoms with Crippen LogP contribution in [0.2, 0.25) is 0 Å². The zero-order valence-electron chi connectivity index (χ0n) is 11.9. The van der Waals surface area contributed by atoms with Crippen LogP contribution in [0, 0.1) is 0 Å². The lowest BCUT2D eigenvalue weighted by Gasteiger charge is -2.03. The van der Waals surface area contributed by atoms with Crippen LogP contribution >= 0.6 is 0 Å². The molecule has 21 heavy (non-hydrogen) atoms. The van der Waals surface area contributed by atoms with Gasteiger partial charge in [-0.1, -0.05) is 23.3 Å². The van der Waals surface area contributed by atoms with E-state index in [0.717, 1.165) is 18.4 Å². The van der Waals surface area contributed by atoms with Crippen molar-refractivity contribution in [2.45, 2.75) is 25.7 Å². The molecule has 0 atom stereocenters. The predicted octanol–water partition coefficient (Wildman–Crippen LogP) is 3.31. The molecular weight excluding hydrogens is 266 g/mol. The van der Waals surface area contributed by atoms with Gasteiger partial charge in [-0.05, 0) is 36.4 Å². The van der Waals surface area contributed by atoms with Crippen LogP contribution in [-0.4, -0.2) is 24.0 Å². The largest absolute Gasteiger partial charge is 0.361 e. The number of para-hydroxylation sites is 1. The van der Waals surface area contributed by atoms with Crippen LogP contribution < -0.4 is 5.32 Å². The van der Waals surface area contributed by atoms with Gasteiger partial charge in [0.2, 0.25) is 5.91 Å². The minimum Gasteiger partial charge on any atom is -0.361 e. The molecule has 2 aromatic rings. The molecule has 0 saturated heterocycles. The number of carbonyl (C=O) groups excluding carboxylic acids is 1. The number of azide groups is 1. The van der Waals surface area contributed by atoms with Crippen molar-refractivity contribution in [3.8, 4) is 0 Å². The molecule has 1 aromatic heterocycles. The molecule has 1 heterocycles. The molecule has 6 nitrogen and oxygen atoms in total. The van der Waals surface area contributed by atoms with E-state index in [0.29, 0.717) is 25.9 Å². The molecule has 6 heteroatoms. The third kappa shape index (κ3) is 4.54. The summed E-state index contributed by atoms with van der Waals surface area (Å²) in [4.78, 5) is 17.5. The molecule has 0 aliphatic heterocycles. The summed E-state index contributed by atoms with van der Waals surface area (Å²) < 4.78 is 0. The molecule has 1 aromatic carbocycles. The molecule has 0 radical (unpaired) electrons. The second-order valence-corrected chi connectivity index (χ2v) is 4.87. The Hall–Kier alpha value is -2.46. The van der Waals surface area contributed by atoms with Crippen molar-refractivity contribution in [2.75, 3.05) is 13.1 Å². The van der Waals surface area contributed by atoms with Gasteiger partial charge in [-0.2, -0.15) is 0 Å². The molecule has 2 rings (SSSR count). The van der Waals surface area contributed by atoms with Crippen LogP contribution in [0.3, 0.4) is 0 Å². The van der Waals surface area contributed by atoms with E-state index in [1.165, 1.54) is 10.9 Å². The summed E-state index contributed by atoms with van der Waals surface area (Å²) in [6, 6.07) is 8.18. The molecule has 1 amide bonds. The maximum atomic E-state index is 11.6. The Bertz CT molecular complexity index is 642. The molecule has 0 fully saturated rings. The maximum Gasteiger partial charge on any atom is 0.220 e. The summed E-state index contributed by atoms with van der Waals surface area (Å²) in [5.74, 6) is 0.0516. The lowest BCUT2D eigenvalue weighted by Crippen LogP contribution is -2.24. The van der Waals surface area contributed by atoms with Crippen molar-refractivity contribution in [1.82, 2.24) is 10.3 Å². The van der Waals surface area contributed by atoms with Crippen LogP contribution in [0.1, 0.15) is 24.8 Å². The quantitative estimate of drug-likeness (QED) is 0.331. The number of hydrogen-bond donors (Lipinski definition) is 2. The Morgan fingerprint density at radius 2 is 2.19 bits per heavy atom. The molecule has 110 valence electrons. The van der Waals surface area contributed by atoms with Crippen LogP contribution in [0.5, 0.6) is 0 Å². The minimum absolute atomic E-state index is 0.0516. The van der Waals surface area contributed by atoms with E-state index in [1.54, 1.807) is 0 Å². The average molecular weight is 285 g/mol. The smallest absolute Gasteiger partial charge is 0.220 e. The molecule has 0 saturated carbocycles. The summed E-state index contributed by atoms with van der Waals surface area (Å²) in [6.07, 6.45) is 4.92. The standard InChI is InChI=1S/C15H19N5O/c16-20-19-10-4-9-17-15(21)8-3-5-12-11-18-14-7-2-1-6-13(12)14/h1-2,6-7,11,18H,3-5,8-10H2,(H,17,21). The zero-order valence-corrected chi connectivity index (χ0v) is 11.9.